The van der Waals surface area contributed by atoms with Crippen LogP contribution in [0.25, 0.3) is 11.2 Å². The molecule has 4 N–H and O–H groups in total. The normalized spacial score (nSPS) is 20.7. The number of fused-ring (bicyclic) bond motifs is 1. The minimum atomic E-state index is -4.93. The van der Waals surface area contributed by atoms with Gasteiger partial charge in [-0.2, -0.15) is 13.2 Å². The number of nitrogens with zero attached hydrogens (tertiary/aromatic N) is 5. The minimum Gasteiger partial charge on any atom is -0.387 e. The predicted octanol–water partition coefficient (Wildman–Crippen LogP) is 4.08. The van der Waals surface area contributed by atoms with Gasteiger partial charge in [0.25, 0.3) is 0 Å². The third-order valence-corrected chi connectivity index (χ3v) is 11.8. The molecule has 0 bridgehead atoms. The summed E-state index contributed by atoms with van der Waals surface area (Å²) in [6, 6.07) is 25.9. The van der Waals surface area contributed by atoms with Gasteiger partial charge in [-0.3, -0.25) is 9.36 Å². The number of rotatable bonds is 13. The van der Waals surface area contributed by atoms with Crippen molar-refractivity contribution in [3.05, 3.63) is 114 Å². The number of carbonyl (C=O) groups is 1. The molecule has 14 nitrogen and oxygen atoms in total. The van der Waals surface area contributed by atoms with Gasteiger partial charge in [-0.1, -0.05) is 72.8 Å². The largest absolute Gasteiger partial charge is 0.471 e. The summed E-state index contributed by atoms with van der Waals surface area (Å²) < 4.78 is 80.9. The van der Waals surface area contributed by atoms with Crippen LogP contribution in [0, 0.1) is 0 Å². The lowest BCUT2D eigenvalue weighted by Gasteiger charge is -2.32. The number of alkyl halides is 3. The van der Waals surface area contributed by atoms with Crippen molar-refractivity contribution in [3.8, 4) is 0 Å². The molecule has 5 aromatic rings. The molecule has 2 aliphatic heterocycles. The summed E-state index contributed by atoms with van der Waals surface area (Å²) >= 11 is 0. The van der Waals surface area contributed by atoms with Crippen molar-refractivity contribution in [3.63, 3.8) is 0 Å². The first-order valence-electron chi connectivity index (χ1n) is 18.4. The van der Waals surface area contributed by atoms with Crippen molar-refractivity contribution in [2.24, 2.45) is 0 Å². The summed E-state index contributed by atoms with van der Waals surface area (Å²) in [4.78, 5) is 26.3. The highest BCUT2D eigenvalue weighted by molar-refractivity contribution is 7.89. The summed E-state index contributed by atoms with van der Waals surface area (Å²) in [5.74, 6) is -1.72. The molecular formula is C39H42F3N7O7S. The number of imidazole rings is 1. The van der Waals surface area contributed by atoms with Crippen molar-refractivity contribution >= 4 is 32.9 Å². The van der Waals surface area contributed by atoms with Crippen LogP contribution in [0.15, 0.2) is 96.2 Å². The molecule has 0 saturated carbocycles. The van der Waals surface area contributed by atoms with E-state index in [-0.39, 0.29) is 54.4 Å². The Balaban J connectivity index is 1.13. The first-order chi connectivity index (χ1) is 27.3. The molecule has 1 amide bonds. The van der Waals surface area contributed by atoms with Gasteiger partial charge in [0.05, 0.1) is 24.4 Å². The van der Waals surface area contributed by atoms with Crippen LogP contribution in [0.1, 0.15) is 53.4 Å². The highest BCUT2D eigenvalue weighted by atomic mass is 32.2. The van der Waals surface area contributed by atoms with E-state index in [1.807, 2.05) is 60.7 Å². The second kappa shape index (κ2) is 16.9. The lowest BCUT2D eigenvalue weighted by molar-refractivity contribution is -0.186. The Bertz CT molecular complexity index is 2220. The minimum absolute atomic E-state index is 0.0275. The molecule has 2 fully saturated rings. The quantitative estimate of drug-likeness (QED) is 0.135. The summed E-state index contributed by atoms with van der Waals surface area (Å²) in [7, 11) is -2.66. The molecule has 4 heterocycles. The number of piperidine rings is 1. The van der Waals surface area contributed by atoms with Gasteiger partial charge in [0, 0.05) is 32.7 Å². The molecule has 2 saturated heterocycles. The van der Waals surface area contributed by atoms with Crippen molar-refractivity contribution in [2.45, 2.75) is 66.8 Å². The van der Waals surface area contributed by atoms with Gasteiger partial charge in [-0.25, -0.2) is 28.1 Å². The zero-order valence-electron chi connectivity index (χ0n) is 30.8. The van der Waals surface area contributed by atoms with Gasteiger partial charge < -0.3 is 29.9 Å². The van der Waals surface area contributed by atoms with Crippen LogP contribution in [0.4, 0.5) is 19.0 Å². The topological polar surface area (TPSA) is 181 Å². The molecule has 2 aromatic heterocycles. The second-order valence-electron chi connectivity index (χ2n) is 14.0. The maximum Gasteiger partial charge on any atom is 0.471 e. The van der Waals surface area contributed by atoms with Crippen molar-refractivity contribution < 1.29 is 46.1 Å². The van der Waals surface area contributed by atoms with E-state index >= 15 is 0 Å². The average Bonchev–Trinajstić information content (AvgIpc) is 3.77. The fourth-order valence-corrected chi connectivity index (χ4v) is 8.35. The Morgan fingerprint density at radius 2 is 1.58 bits per heavy atom. The smallest absolute Gasteiger partial charge is 0.387 e. The van der Waals surface area contributed by atoms with E-state index in [9.17, 15) is 36.6 Å². The molecule has 4 atom stereocenters. The molecule has 0 spiro atoms. The Morgan fingerprint density at radius 3 is 2.18 bits per heavy atom. The van der Waals surface area contributed by atoms with Crippen LogP contribution >= 0.6 is 0 Å². The molecule has 7 rings (SSSR count). The Morgan fingerprint density at radius 1 is 0.947 bits per heavy atom. The lowest BCUT2D eigenvalue weighted by atomic mass is 9.89. The second-order valence-corrected chi connectivity index (χ2v) is 15.8. The summed E-state index contributed by atoms with van der Waals surface area (Å²) in [5, 5.41) is 25.0. The number of anilines is 1. The molecule has 2 aliphatic rings. The number of hydrogen-bond donors (Lipinski definition) is 4. The molecule has 18 heteroatoms. The number of halogens is 3. The van der Waals surface area contributed by atoms with Crippen molar-refractivity contribution in [1.82, 2.24) is 29.1 Å². The van der Waals surface area contributed by atoms with Gasteiger partial charge in [0.2, 0.25) is 10.0 Å². The summed E-state index contributed by atoms with van der Waals surface area (Å²) in [5.41, 5.74) is 3.40. The predicted molar refractivity (Wildman–Crippen MR) is 201 cm³/mol. The van der Waals surface area contributed by atoms with E-state index in [0.29, 0.717) is 30.7 Å². The van der Waals surface area contributed by atoms with Crippen LogP contribution < -0.4 is 10.0 Å². The van der Waals surface area contributed by atoms with Gasteiger partial charge in [0.1, 0.15) is 24.1 Å². The maximum absolute atomic E-state index is 13.5. The molecule has 0 radical (unpaired) electrons. The highest BCUT2D eigenvalue weighted by Gasteiger charge is 2.45. The standard InChI is InChI=1S/C39H42F3N7O7S/c1-55-22-30-33(50)34(51)37(56-30)49-23-44-32-35(43-20-29(26-8-4-2-5-9-26)27-10-6-3-7-11-27)46-31(47-36(32)49)21-45-57(53,54)28-14-12-24(13-15-28)25-16-18-48(19-17-25)38(52)39(40,41)42/h2-15,23,25,29-30,33-34,37,45,50-51H,16-22H2,1H3,(H,43,46,47)/t30-,33-,34-,37-/m1/s1. The van der Waals surface area contributed by atoms with E-state index in [2.05, 4.69) is 25.0 Å². The Kier molecular flexibility index (Phi) is 11.9. The fourth-order valence-electron chi connectivity index (χ4n) is 7.37. The summed E-state index contributed by atoms with van der Waals surface area (Å²) in [6.45, 7) is -0.0392. The fraction of sp³-hybridized carbons (Fsp3) is 0.385. The number of methoxy groups -OCH3 is 1. The molecule has 3 aromatic carbocycles. The monoisotopic (exact) mass is 809 g/mol. The van der Waals surface area contributed by atoms with Crippen LogP contribution in [0.2, 0.25) is 0 Å². The van der Waals surface area contributed by atoms with Crippen molar-refractivity contribution in [1.29, 1.82) is 0 Å². The van der Waals surface area contributed by atoms with Crippen LogP contribution in [-0.4, -0.2) is 107 Å². The van der Waals surface area contributed by atoms with Crippen LogP contribution in [0.5, 0.6) is 0 Å². The Hall–Kier alpha value is -4.98. The van der Waals surface area contributed by atoms with E-state index < -0.39 is 46.6 Å². The zero-order chi connectivity index (χ0) is 40.3. The Labute approximate surface area is 326 Å². The lowest BCUT2D eigenvalue weighted by Crippen LogP contribution is -2.45. The number of aromatic nitrogens is 4. The van der Waals surface area contributed by atoms with E-state index in [1.54, 1.807) is 12.1 Å². The summed E-state index contributed by atoms with van der Waals surface area (Å²) in [6.07, 6.45) is -7.41. The number of nitrogens with one attached hydrogen (secondary N) is 2. The van der Waals surface area contributed by atoms with Crippen molar-refractivity contribution in [2.75, 3.05) is 38.7 Å². The third-order valence-electron chi connectivity index (χ3n) is 10.4. The molecule has 302 valence electrons. The average molecular weight is 810 g/mol. The highest BCUT2D eigenvalue weighted by Crippen LogP contribution is 2.34. The van der Waals surface area contributed by atoms with E-state index in [0.717, 1.165) is 21.6 Å². The van der Waals surface area contributed by atoms with Crippen LogP contribution in [-0.2, 0) is 30.8 Å². The molecule has 0 unspecified atom stereocenters. The number of amides is 1. The number of ether oxygens (including phenoxy) is 2. The first kappa shape index (κ1) is 40.2. The van der Waals surface area contributed by atoms with Gasteiger partial charge in [0.15, 0.2) is 23.2 Å². The van der Waals surface area contributed by atoms with Gasteiger partial charge in [-0.05, 0) is 47.6 Å². The number of benzene rings is 3. The molecule has 57 heavy (non-hydrogen) atoms. The third kappa shape index (κ3) is 8.80. The number of sulfonamides is 1. The molecule has 0 aliphatic carbocycles. The van der Waals surface area contributed by atoms with Gasteiger partial charge >= 0.3 is 12.1 Å². The van der Waals surface area contributed by atoms with E-state index in [1.165, 1.54) is 30.1 Å². The number of likely N-dealkylation sites (tertiary alicyclic amines) is 1. The van der Waals surface area contributed by atoms with Gasteiger partial charge in [-0.15, -0.1) is 0 Å². The SMILES string of the molecule is COC[C@H]1O[C@@H](n2cnc3c(NCC(c4ccccc4)c4ccccc4)nc(CNS(=O)(=O)c4ccc(C5CCN(C(=O)C(F)(F)F)CC5)cc4)nc32)[C@H](O)[C@@H]1O. The maximum atomic E-state index is 13.5. The zero-order valence-corrected chi connectivity index (χ0v) is 31.6. The van der Waals surface area contributed by atoms with Crippen LogP contribution in [0.3, 0.4) is 0 Å². The number of aliphatic hydroxyl groups excluding tert-OH is 2. The first-order valence-corrected chi connectivity index (χ1v) is 19.9. The number of hydrogen-bond acceptors (Lipinski definition) is 11. The number of aliphatic hydroxyl groups is 2. The van der Waals surface area contributed by atoms with E-state index in [4.69, 9.17) is 9.47 Å². The number of carbonyl (C=O) groups excluding carboxylic acids is 1. The molecular weight excluding hydrogens is 768 g/mol.